The lowest BCUT2D eigenvalue weighted by molar-refractivity contribution is 0.102. The molecule has 0 spiro atoms. The van der Waals surface area contributed by atoms with Gasteiger partial charge >= 0.3 is 0 Å². The number of nitrogens with two attached hydrogens (primary N) is 1. The molecule has 96 valence electrons. The summed E-state index contributed by atoms with van der Waals surface area (Å²) >= 11 is 0. The predicted octanol–water partition coefficient (Wildman–Crippen LogP) is 1.43. The summed E-state index contributed by atoms with van der Waals surface area (Å²) in [6.07, 6.45) is 1.64. The highest BCUT2D eigenvalue weighted by atomic mass is 16.1. The number of hydrogen-bond acceptors (Lipinski definition) is 4. The molecule has 0 saturated carbocycles. The average Bonchev–Trinajstić information content (AvgIpc) is 2.71. The second-order valence-corrected chi connectivity index (χ2v) is 4.17. The van der Waals surface area contributed by atoms with Crippen molar-refractivity contribution in [3.05, 3.63) is 41.2 Å². The van der Waals surface area contributed by atoms with E-state index in [-0.39, 0.29) is 5.91 Å². The lowest BCUT2D eigenvalue weighted by Gasteiger charge is -2.07. The van der Waals surface area contributed by atoms with E-state index in [0.29, 0.717) is 28.2 Å². The van der Waals surface area contributed by atoms with E-state index in [0.717, 1.165) is 0 Å². The van der Waals surface area contributed by atoms with Gasteiger partial charge in [0.25, 0.3) is 5.91 Å². The molecule has 0 unspecified atom stereocenters. The van der Waals surface area contributed by atoms with Gasteiger partial charge in [0.1, 0.15) is 0 Å². The lowest BCUT2D eigenvalue weighted by atomic mass is 10.1. The minimum Gasteiger partial charge on any atom is -0.397 e. The van der Waals surface area contributed by atoms with Crippen molar-refractivity contribution in [3.8, 4) is 6.07 Å². The summed E-state index contributed by atoms with van der Waals surface area (Å²) in [7, 11) is 1.75. The van der Waals surface area contributed by atoms with Crippen molar-refractivity contribution in [2.45, 2.75) is 6.92 Å². The lowest BCUT2D eigenvalue weighted by Crippen LogP contribution is -2.13. The summed E-state index contributed by atoms with van der Waals surface area (Å²) in [6, 6.07) is 6.71. The zero-order chi connectivity index (χ0) is 14.0. The van der Waals surface area contributed by atoms with E-state index >= 15 is 0 Å². The Labute approximate surface area is 110 Å². The Bertz CT molecular complexity index is 681. The molecule has 1 heterocycles. The number of aromatic nitrogens is 2. The molecular weight excluding hydrogens is 242 g/mol. The molecule has 0 aliphatic heterocycles. The van der Waals surface area contributed by atoms with Crippen molar-refractivity contribution < 1.29 is 4.79 Å². The van der Waals surface area contributed by atoms with Gasteiger partial charge in [-0.15, -0.1) is 0 Å². The van der Waals surface area contributed by atoms with Gasteiger partial charge < -0.3 is 11.1 Å². The van der Waals surface area contributed by atoms with Crippen LogP contribution in [0.5, 0.6) is 0 Å². The first kappa shape index (κ1) is 12.6. The highest BCUT2D eigenvalue weighted by Gasteiger charge is 2.13. The summed E-state index contributed by atoms with van der Waals surface area (Å²) in [5.74, 6) is -0.276. The van der Waals surface area contributed by atoms with Gasteiger partial charge in [0.2, 0.25) is 0 Å². The number of nitriles is 1. The molecule has 6 nitrogen and oxygen atoms in total. The van der Waals surface area contributed by atoms with Crippen molar-refractivity contribution >= 4 is 17.3 Å². The van der Waals surface area contributed by atoms with Gasteiger partial charge in [0.05, 0.1) is 34.3 Å². The molecule has 0 saturated heterocycles. The van der Waals surface area contributed by atoms with Gasteiger partial charge in [-0.25, -0.2) is 0 Å². The third-order valence-corrected chi connectivity index (χ3v) is 2.69. The Morgan fingerprint density at radius 3 is 2.79 bits per heavy atom. The van der Waals surface area contributed by atoms with Crippen LogP contribution < -0.4 is 11.1 Å². The van der Waals surface area contributed by atoms with E-state index in [1.165, 1.54) is 6.07 Å². The molecular formula is C13H13N5O. The smallest absolute Gasteiger partial charge is 0.259 e. The molecule has 0 radical (unpaired) electrons. The van der Waals surface area contributed by atoms with Crippen LogP contribution in [0.4, 0.5) is 11.4 Å². The normalized spacial score (nSPS) is 9.95. The molecule has 2 aromatic rings. The Morgan fingerprint density at radius 1 is 1.53 bits per heavy atom. The molecule has 1 aromatic carbocycles. The molecule has 1 amide bonds. The fraction of sp³-hybridized carbons (Fsp3) is 0.154. The third-order valence-electron chi connectivity index (χ3n) is 2.69. The number of benzene rings is 1. The molecule has 0 atom stereocenters. The zero-order valence-electron chi connectivity index (χ0n) is 10.6. The van der Waals surface area contributed by atoms with E-state index in [4.69, 9.17) is 11.0 Å². The molecule has 19 heavy (non-hydrogen) atoms. The maximum atomic E-state index is 12.1. The summed E-state index contributed by atoms with van der Waals surface area (Å²) in [5, 5.41) is 15.6. The number of carbonyl (C=O) groups is 1. The van der Waals surface area contributed by atoms with E-state index in [1.54, 1.807) is 37.0 Å². The third kappa shape index (κ3) is 2.55. The first-order chi connectivity index (χ1) is 9.01. The number of amides is 1. The number of nitrogens with zero attached hydrogens (tertiary/aromatic N) is 3. The second-order valence-electron chi connectivity index (χ2n) is 4.17. The van der Waals surface area contributed by atoms with Gasteiger partial charge in [-0.2, -0.15) is 10.4 Å². The van der Waals surface area contributed by atoms with Crippen LogP contribution >= 0.6 is 0 Å². The summed E-state index contributed by atoms with van der Waals surface area (Å²) in [5.41, 5.74) is 8.20. The Balaban J connectivity index is 2.25. The highest BCUT2D eigenvalue weighted by Crippen LogP contribution is 2.20. The van der Waals surface area contributed by atoms with Gasteiger partial charge in [-0.05, 0) is 25.1 Å². The number of anilines is 2. The second kappa shape index (κ2) is 4.82. The quantitative estimate of drug-likeness (QED) is 0.793. The summed E-state index contributed by atoms with van der Waals surface area (Å²) in [6.45, 7) is 1.76. The van der Waals surface area contributed by atoms with Crippen LogP contribution in [0, 0.1) is 18.3 Å². The van der Waals surface area contributed by atoms with Crippen LogP contribution in [0.25, 0.3) is 0 Å². The minimum atomic E-state index is -0.276. The van der Waals surface area contributed by atoms with Crippen molar-refractivity contribution in [2.24, 2.45) is 7.05 Å². The molecule has 6 heteroatoms. The molecule has 0 fully saturated rings. The molecule has 0 aliphatic rings. The van der Waals surface area contributed by atoms with E-state index in [2.05, 4.69) is 10.4 Å². The van der Waals surface area contributed by atoms with Gasteiger partial charge in [0, 0.05) is 13.2 Å². The highest BCUT2D eigenvalue weighted by molar-refractivity contribution is 6.06. The topological polar surface area (TPSA) is 96.7 Å². The molecule has 3 N–H and O–H groups in total. The minimum absolute atomic E-state index is 0.276. The van der Waals surface area contributed by atoms with Gasteiger partial charge in [-0.1, -0.05) is 0 Å². The Hall–Kier alpha value is -2.81. The fourth-order valence-electron chi connectivity index (χ4n) is 1.76. The SMILES string of the molecule is Cc1nn(C)cc1C(=O)Nc1ccc(C#N)cc1N. The Morgan fingerprint density at radius 2 is 2.26 bits per heavy atom. The molecule has 0 bridgehead atoms. The number of hydrogen-bond donors (Lipinski definition) is 2. The first-order valence-corrected chi connectivity index (χ1v) is 5.62. The van der Waals surface area contributed by atoms with Crippen LogP contribution in [-0.2, 0) is 7.05 Å². The number of carbonyl (C=O) groups excluding carboxylic acids is 1. The molecule has 2 rings (SSSR count). The molecule has 1 aromatic heterocycles. The van der Waals surface area contributed by atoms with Gasteiger partial charge in [0.15, 0.2) is 0 Å². The fourth-order valence-corrected chi connectivity index (χ4v) is 1.76. The Kier molecular flexibility index (Phi) is 3.21. The van der Waals surface area contributed by atoms with Crippen LogP contribution in [0.2, 0.25) is 0 Å². The van der Waals surface area contributed by atoms with Crippen molar-refractivity contribution in [1.82, 2.24) is 9.78 Å². The van der Waals surface area contributed by atoms with Crippen molar-refractivity contribution in [2.75, 3.05) is 11.1 Å². The monoisotopic (exact) mass is 255 g/mol. The zero-order valence-corrected chi connectivity index (χ0v) is 10.6. The van der Waals surface area contributed by atoms with E-state index in [1.807, 2.05) is 6.07 Å². The number of nitrogens with one attached hydrogen (secondary N) is 1. The average molecular weight is 255 g/mol. The number of rotatable bonds is 2. The maximum Gasteiger partial charge on any atom is 0.259 e. The molecule has 0 aliphatic carbocycles. The number of nitrogen functional groups attached to an aromatic ring is 1. The van der Waals surface area contributed by atoms with Crippen LogP contribution in [0.1, 0.15) is 21.6 Å². The largest absolute Gasteiger partial charge is 0.397 e. The van der Waals surface area contributed by atoms with E-state index < -0.39 is 0 Å². The van der Waals surface area contributed by atoms with Crippen LogP contribution in [0.3, 0.4) is 0 Å². The van der Waals surface area contributed by atoms with Crippen molar-refractivity contribution in [3.63, 3.8) is 0 Å². The number of aryl methyl sites for hydroxylation is 2. The first-order valence-electron chi connectivity index (χ1n) is 5.62. The van der Waals surface area contributed by atoms with E-state index in [9.17, 15) is 4.79 Å². The van der Waals surface area contributed by atoms with Crippen molar-refractivity contribution in [1.29, 1.82) is 5.26 Å². The predicted molar refractivity (Wildman–Crippen MR) is 71.5 cm³/mol. The summed E-state index contributed by atoms with van der Waals surface area (Å²) < 4.78 is 1.58. The summed E-state index contributed by atoms with van der Waals surface area (Å²) in [4.78, 5) is 12.1. The van der Waals surface area contributed by atoms with Gasteiger partial charge in [-0.3, -0.25) is 9.48 Å². The van der Waals surface area contributed by atoms with Crippen LogP contribution in [-0.4, -0.2) is 15.7 Å². The maximum absolute atomic E-state index is 12.1. The van der Waals surface area contributed by atoms with Crippen LogP contribution in [0.15, 0.2) is 24.4 Å². The standard InChI is InChI=1S/C13H13N5O/c1-8-10(7-18(2)17-8)13(19)16-12-4-3-9(6-14)5-11(12)15/h3-5,7H,15H2,1-2H3,(H,16,19).